The first-order chi connectivity index (χ1) is 10.6. The molecule has 1 N–H and O–H groups in total. The minimum absolute atomic E-state index is 0.0390. The molecule has 1 amide bonds. The molecular weight excluding hydrogens is 278 g/mol. The van der Waals surface area contributed by atoms with Crippen LogP contribution in [0.25, 0.3) is 10.8 Å². The average Bonchev–Trinajstić information content (AvgIpc) is 3.31. The summed E-state index contributed by atoms with van der Waals surface area (Å²) >= 11 is 0. The van der Waals surface area contributed by atoms with E-state index in [1.54, 1.807) is 0 Å². The number of fused-ring (bicyclic) bond motifs is 1. The number of likely N-dealkylation sites (N-methyl/N-ethyl adjacent to an activating group) is 1. The molecule has 22 heavy (non-hydrogen) atoms. The van der Waals surface area contributed by atoms with Gasteiger partial charge >= 0.3 is 5.97 Å². The van der Waals surface area contributed by atoms with Gasteiger partial charge < -0.3 is 10.0 Å². The molecular formula is C18H19NO3. The van der Waals surface area contributed by atoms with Crippen molar-refractivity contribution in [2.45, 2.75) is 19.3 Å². The van der Waals surface area contributed by atoms with Gasteiger partial charge in [-0.25, -0.2) is 0 Å². The molecule has 1 aliphatic carbocycles. The number of aliphatic carboxylic acids is 1. The van der Waals surface area contributed by atoms with Crippen LogP contribution in [0.3, 0.4) is 0 Å². The Balaban J connectivity index is 1.81. The monoisotopic (exact) mass is 297 g/mol. The largest absolute Gasteiger partial charge is 0.480 e. The SMILES string of the molecule is CCN(CC(=O)O)C(=O)C1CC1c1cccc2ccccc12. The van der Waals surface area contributed by atoms with Crippen molar-refractivity contribution in [3.05, 3.63) is 48.0 Å². The van der Waals surface area contributed by atoms with Gasteiger partial charge in [-0.3, -0.25) is 9.59 Å². The van der Waals surface area contributed by atoms with Crippen LogP contribution in [0.1, 0.15) is 24.8 Å². The Morgan fingerprint density at radius 2 is 1.91 bits per heavy atom. The summed E-state index contributed by atoms with van der Waals surface area (Å²) in [5.74, 6) is -0.869. The van der Waals surface area contributed by atoms with E-state index in [9.17, 15) is 9.59 Å². The van der Waals surface area contributed by atoms with Gasteiger partial charge in [0.05, 0.1) is 0 Å². The number of carboxylic acid groups (broad SMARTS) is 1. The van der Waals surface area contributed by atoms with Crippen molar-refractivity contribution in [3.8, 4) is 0 Å². The van der Waals surface area contributed by atoms with E-state index >= 15 is 0 Å². The molecule has 0 aliphatic heterocycles. The van der Waals surface area contributed by atoms with Crippen LogP contribution in [-0.4, -0.2) is 35.0 Å². The Bertz CT molecular complexity index is 720. The second-order valence-electron chi connectivity index (χ2n) is 5.76. The Kier molecular flexibility index (Phi) is 3.84. The van der Waals surface area contributed by atoms with Crippen molar-refractivity contribution in [3.63, 3.8) is 0 Å². The molecule has 1 saturated carbocycles. The van der Waals surface area contributed by atoms with E-state index in [-0.39, 0.29) is 24.3 Å². The second kappa shape index (κ2) is 5.79. The van der Waals surface area contributed by atoms with Crippen molar-refractivity contribution < 1.29 is 14.7 Å². The fourth-order valence-electron chi connectivity index (χ4n) is 3.13. The van der Waals surface area contributed by atoms with Crippen LogP contribution in [0.4, 0.5) is 0 Å². The standard InChI is InChI=1S/C18H19NO3/c1-2-19(11-17(20)21)18(22)16-10-15(16)14-9-5-7-12-6-3-4-8-13(12)14/h3-9,15-16H,2,10-11H2,1H3,(H,20,21). The highest BCUT2D eigenvalue weighted by atomic mass is 16.4. The van der Waals surface area contributed by atoms with E-state index < -0.39 is 5.97 Å². The molecule has 0 bridgehead atoms. The number of carbonyl (C=O) groups excluding carboxylic acids is 1. The molecule has 0 radical (unpaired) electrons. The first kappa shape index (κ1) is 14.6. The lowest BCUT2D eigenvalue weighted by atomic mass is 10.00. The summed E-state index contributed by atoms with van der Waals surface area (Å²) < 4.78 is 0. The van der Waals surface area contributed by atoms with Crippen LogP contribution in [0.5, 0.6) is 0 Å². The van der Waals surface area contributed by atoms with E-state index in [4.69, 9.17) is 5.11 Å². The van der Waals surface area contributed by atoms with E-state index in [1.807, 2.05) is 25.1 Å². The number of hydrogen-bond acceptors (Lipinski definition) is 2. The highest BCUT2D eigenvalue weighted by molar-refractivity contribution is 5.90. The van der Waals surface area contributed by atoms with Crippen molar-refractivity contribution in [2.24, 2.45) is 5.92 Å². The van der Waals surface area contributed by atoms with Gasteiger partial charge in [-0.2, -0.15) is 0 Å². The molecule has 0 heterocycles. The van der Waals surface area contributed by atoms with Gasteiger partial charge in [0, 0.05) is 12.5 Å². The first-order valence-corrected chi connectivity index (χ1v) is 7.60. The summed E-state index contributed by atoms with van der Waals surface area (Å²) in [5, 5.41) is 11.3. The number of nitrogens with zero attached hydrogens (tertiary/aromatic N) is 1. The van der Waals surface area contributed by atoms with Gasteiger partial charge in [0.15, 0.2) is 0 Å². The summed E-state index contributed by atoms with van der Waals surface area (Å²) in [7, 11) is 0. The van der Waals surface area contributed by atoms with Gasteiger partial charge in [-0.1, -0.05) is 42.5 Å². The van der Waals surface area contributed by atoms with Gasteiger partial charge in [0.25, 0.3) is 0 Å². The summed E-state index contributed by atoms with van der Waals surface area (Å²) in [5.41, 5.74) is 1.20. The van der Waals surface area contributed by atoms with Gasteiger partial charge in [-0.15, -0.1) is 0 Å². The molecule has 1 aliphatic rings. The zero-order chi connectivity index (χ0) is 15.7. The maximum absolute atomic E-state index is 12.5. The Hall–Kier alpha value is -2.36. The lowest BCUT2D eigenvalue weighted by molar-refractivity contribution is -0.144. The van der Waals surface area contributed by atoms with E-state index in [1.165, 1.54) is 21.2 Å². The summed E-state index contributed by atoms with van der Waals surface area (Å²) in [6.07, 6.45) is 0.808. The molecule has 0 spiro atoms. The average molecular weight is 297 g/mol. The number of carbonyl (C=O) groups is 2. The smallest absolute Gasteiger partial charge is 0.323 e. The zero-order valence-electron chi connectivity index (χ0n) is 12.5. The maximum atomic E-state index is 12.5. The summed E-state index contributed by atoms with van der Waals surface area (Å²) in [6.45, 7) is 2.04. The predicted molar refractivity (Wildman–Crippen MR) is 84.7 cm³/mol. The van der Waals surface area contributed by atoms with Crippen molar-refractivity contribution >= 4 is 22.6 Å². The van der Waals surface area contributed by atoms with Crippen molar-refractivity contribution in [2.75, 3.05) is 13.1 Å². The number of rotatable bonds is 5. The third-order valence-electron chi connectivity index (χ3n) is 4.35. The molecule has 0 aromatic heterocycles. The van der Waals surface area contributed by atoms with E-state index in [0.717, 1.165) is 6.42 Å². The van der Waals surface area contributed by atoms with Crippen LogP contribution >= 0.6 is 0 Å². The van der Waals surface area contributed by atoms with Crippen LogP contribution in [0.2, 0.25) is 0 Å². The molecule has 2 aromatic carbocycles. The highest BCUT2D eigenvalue weighted by Crippen LogP contribution is 2.50. The molecule has 2 unspecified atom stereocenters. The third kappa shape index (κ3) is 2.69. The van der Waals surface area contributed by atoms with Gasteiger partial charge in [-0.05, 0) is 35.6 Å². The number of hydrogen-bond donors (Lipinski definition) is 1. The lowest BCUT2D eigenvalue weighted by Gasteiger charge is -2.18. The number of benzene rings is 2. The minimum atomic E-state index is -0.961. The van der Waals surface area contributed by atoms with Crippen molar-refractivity contribution in [1.29, 1.82) is 0 Å². The topological polar surface area (TPSA) is 57.6 Å². The fraction of sp³-hybridized carbons (Fsp3) is 0.333. The normalized spacial score (nSPS) is 19.9. The first-order valence-electron chi connectivity index (χ1n) is 7.60. The quantitative estimate of drug-likeness (QED) is 0.923. The predicted octanol–water partition coefficient (Wildman–Crippen LogP) is 2.88. The molecule has 0 saturated heterocycles. The Morgan fingerprint density at radius 1 is 1.18 bits per heavy atom. The van der Waals surface area contributed by atoms with Gasteiger partial charge in [0.2, 0.25) is 5.91 Å². The summed E-state index contributed by atoms with van der Waals surface area (Å²) in [4.78, 5) is 24.7. The number of amides is 1. The zero-order valence-corrected chi connectivity index (χ0v) is 12.5. The van der Waals surface area contributed by atoms with E-state index in [0.29, 0.717) is 6.54 Å². The maximum Gasteiger partial charge on any atom is 0.323 e. The minimum Gasteiger partial charge on any atom is -0.480 e. The highest BCUT2D eigenvalue weighted by Gasteiger charge is 2.46. The molecule has 1 fully saturated rings. The Morgan fingerprint density at radius 3 is 2.64 bits per heavy atom. The molecule has 4 nitrogen and oxygen atoms in total. The lowest BCUT2D eigenvalue weighted by Crippen LogP contribution is -2.36. The fourth-order valence-corrected chi connectivity index (χ4v) is 3.13. The van der Waals surface area contributed by atoms with Crippen LogP contribution in [0, 0.1) is 5.92 Å². The second-order valence-corrected chi connectivity index (χ2v) is 5.76. The molecule has 4 heteroatoms. The molecule has 2 aromatic rings. The molecule has 3 rings (SSSR count). The third-order valence-corrected chi connectivity index (χ3v) is 4.35. The Labute approximate surface area is 129 Å². The van der Waals surface area contributed by atoms with Crippen LogP contribution in [0.15, 0.2) is 42.5 Å². The number of carboxylic acids is 1. The van der Waals surface area contributed by atoms with Gasteiger partial charge in [0.1, 0.15) is 6.54 Å². The van der Waals surface area contributed by atoms with Crippen molar-refractivity contribution in [1.82, 2.24) is 4.90 Å². The molecule has 114 valence electrons. The molecule has 2 atom stereocenters. The van der Waals surface area contributed by atoms with Crippen LogP contribution < -0.4 is 0 Å². The van der Waals surface area contributed by atoms with Crippen LogP contribution in [-0.2, 0) is 9.59 Å². The summed E-state index contributed by atoms with van der Waals surface area (Å²) in [6, 6.07) is 14.3. The van der Waals surface area contributed by atoms with E-state index in [2.05, 4.69) is 24.3 Å².